The van der Waals surface area contributed by atoms with Crippen LogP contribution in [0.2, 0.25) is 0 Å². The first-order valence-corrected chi connectivity index (χ1v) is 11.6. The van der Waals surface area contributed by atoms with Gasteiger partial charge in [0.15, 0.2) is 0 Å². The van der Waals surface area contributed by atoms with E-state index in [1.165, 1.54) is 62.5 Å². The normalized spacial score (nSPS) is 12.3. The van der Waals surface area contributed by atoms with Gasteiger partial charge in [0, 0.05) is 0 Å². The van der Waals surface area contributed by atoms with Crippen molar-refractivity contribution in [2.24, 2.45) is 0 Å². The quantitative estimate of drug-likeness (QED) is 0.240. The van der Waals surface area contributed by atoms with E-state index in [4.69, 9.17) is 28.3 Å². The van der Waals surface area contributed by atoms with Crippen LogP contribution >= 0.6 is 23.2 Å². The summed E-state index contributed by atoms with van der Waals surface area (Å²) < 4.78 is -1.62. The lowest BCUT2D eigenvalue weighted by Gasteiger charge is -2.19. The first-order valence-electron chi connectivity index (χ1n) is 10.8. The number of carbonyl (C=O) groups is 1. The summed E-state index contributed by atoms with van der Waals surface area (Å²) in [7, 11) is 0. The molecule has 4 heteroatoms. The summed E-state index contributed by atoms with van der Waals surface area (Å²) in [4.78, 5) is 10.8. The molecule has 1 aromatic carbocycles. The van der Waals surface area contributed by atoms with Gasteiger partial charge in [-0.1, -0.05) is 120 Å². The molecular formula is C24H38Cl2O2. The number of aryl methyl sites for hydroxylation is 1. The van der Waals surface area contributed by atoms with Crippen LogP contribution in [-0.4, -0.2) is 15.4 Å². The monoisotopic (exact) mass is 428 g/mol. The minimum Gasteiger partial charge on any atom is -0.479 e. The predicted octanol–water partition coefficient (Wildman–Crippen LogP) is 8.08. The zero-order valence-electron chi connectivity index (χ0n) is 17.9. The van der Waals surface area contributed by atoms with Crippen LogP contribution in [0.3, 0.4) is 0 Å². The van der Waals surface area contributed by atoms with Crippen molar-refractivity contribution in [3.63, 3.8) is 0 Å². The summed E-state index contributed by atoms with van der Waals surface area (Å²) in [5.41, 5.74) is 3.09. The van der Waals surface area contributed by atoms with Gasteiger partial charge in [0.2, 0.25) is 4.33 Å². The van der Waals surface area contributed by atoms with Crippen LogP contribution in [0.1, 0.15) is 103 Å². The SMILES string of the molecule is CC(C)(C)c1ccc(CCCCCCCCCCCCC(Cl)(Cl)C(=O)O)cc1. The van der Waals surface area contributed by atoms with Crippen LogP contribution in [0.5, 0.6) is 0 Å². The molecule has 0 aliphatic rings. The molecule has 0 radical (unpaired) electrons. The van der Waals surface area contributed by atoms with E-state index in [0.717, 1.165) is 19.3 Å². The average molecular weight is 429 g/mol. The van der Waals surface area contributed by atoms with E-state index in [1.807, 2.05) is 0 Å². The van der Waals surface area contributed by atoms with E-state index < -0.39 is 10.3 Å². The number of hydrogen-bond donors (Lipinski definition) is 1. The number of alkyl halides is 2. The van der Waals surface area contributed by atoms with E-state index in [0.29, 0.717) is 6.42 Å². The number of carboxylic acids is 1. The number of benzene rings is 1. The maximum atomic E-state index is 10.8. The van der Waals surface area contributed by atoms with Gasteiger partial charge in [0.05, 0.1) is 0 Å². The lowest BCUT2D eigenvalue weighted by Crippen LogP contribution is -2.25. The molecular weight excluding hydrogens is 391 g/mol. The zero-order chi connectivity index (χ0) is 21.0. The van der Waals surface area contributed by atoms with Crippen molar-refractivity contribution in [2.45, 2.75) is 108 Å². The third kappa shape index (κ3) is 10.7. The molecule has 0 aromatic heterocycles. The van der Waals surface area contributed by atoms with E-state index in [2.05, 4.69) is 45.0 Å². The molecule has 1 N–H and O–H groups in total. The van der Waals surface area contributed by atoms with Crippen molar-refractivity contribution in [1.82, 2.24) is 0 Å². The van der Waals surface area contributed by atoms with Crippen molar-refractivity contribution in [2.75, 3.05) is 0 Å². The molecule has 2 nitrogen and oxygen atoms in total. The number of rotatable bonds is 14. The van der Waals surface area contributed by atoms with E-state index in [-0.39, 0.29) is 5.41 Å². The molecule has 0 bridgehead atoms. The minimum atomic E-state index is -1.62. The molecule has 0 atom stereocenters. The summed E-state index contributed by atoms with van der Waals surface area (Å²) in [6.45, 7) is 6.77. The van der Waals surface area contributed by atoms with Crippen molar-refractivity contribution >= 4 is 29.2 Å². The Morgan fingerprint density at radius 1 is 0.786 bits per heavy atom. The molecule has 0 fully saturated rings. The first-order chi connectivity index (χ1) is 13.1. The molecule has 1 rings (SSSR count). The molecule has 0 unspecified atom stereocenters. The van der Waals surface area contributed by atoms with E-state index in [1.54, 1.807) is 0 Å². The Kier molecular flexibility index (Phi) is 11.5. The van der Waals surface area contributed by atoms with Crippen LogP contribution < -0.4 is 0 Å². The van der Waals surface area contributed by atoms with Crippen LogP contribution in [0.25, 0.3) is 0 Å². The van der Waals surface area contributed by atoms with E-state index >= 15 is 0 Å². The highest BCUT2D eigenvalue weighted by atomic mass is 35.5. The smallest absolute Gasteiger partial charge is 0.340 e. The molecule has 28 heavy (non-hydrogen) atoms. The van der Waals surface area contributed by atoms with Crippen LogP contribution in [0.4, 0.5) is 0 Å². The lowest BCUT2D eigenvalue weighted by molar-refractivity contribution is -0.138. The van der Waals surface area contributed by atoms with Gasteiger partial charge < -0.3 is 5.11 Å². The lowest BCUT2D eigenvalue weighted by atomic mass is 9.86. The summed E-state index contributed by atoms with van der Waals surface area (Å²) in [5.74, 6) is -1.14. The van der Waals surface area contributed by atoms with Gasteiger partial charge in [-0.2, -0.15) is 0 Å². The van der Waals surface area contributed by atoms with Crippen molar-refractivity contribution in [3.05, 3.63) is 35.4 Å². The Morgan fingerprint density at radius 2 is 1.21 bits per heavy atom. The Bertz CT molecular complexity index is 559. The number of halogens is 2. The maximum absolute atomic E-state index is 10.8. The van der Waals surface area contributed by atoms with Gasteiger partial charge in [0.1, 0.15) is 0 Å². The molecule has 0 saturated carbocycles. The highest BCUT2D eigenvalue weighted by molar-refractivity contribution is 6.57. The molecule has 0 heterocycles. The third-order valence-corrected chi connectivity index (χ3v) is 6.04. The number of carboxylic acid groups (broad SMARTS) is 1. The molecule has 160 valence electrons. The number of unbranched alkanes of at least 4 members (excludes halogenated alkanes) is 9. The van der Waals surface area contributed by atoms with Crippen LogP contribution in [0.15, 0.2) is 24.3 Å². The molecule has 0 aliphatic heterocycles. The fraction of sp³-hybridized carbons (Fsp3) is 0.708. The zero-order valence-corrected chi connectivity index (χ0v) is 19.4. The average Bonchev–Trinajstić information content (AvgIpc) is 2.62. The second-order valence-electron chi connectivity index (χ2n) is 8.99. The molecule has 0 saturated heterocycles. The van der Waals surface area contributed by atoms with Gasteiger partial charge in [-0.15, -0.1) is 0 Å². The maximum Gasteiger partial charge on any atom is 0.340 e. The van der Waals surface area contributed by atoms with Gasteiger partial charge >= 0.3 is 5.97 Å². The van der Waals surface area contributed by atoms with Crippen LogP contribution in [-0.2, 0) is 16.6 Å². The van der Waals surface area contributed by atoms with E-state index in [9.17, 15) is 4.79 Å². The highest BCUT2D eigenvalue weighted by Gasteiger charge is 2.32. The Balaban J connectivity index is 1.95. The fourth-order valence-corrected chi connectivity index (χ4v) is 3.64. The molecule has 0 spiro atoms. The fourth-order valence-electron chi connectivity index (χ4n) is 3.37. The van der Waals surface area contributed by atoms with Crippen molar-refractivity contribution in [1.29, 1.82) is 0 Å². The molecule has 1 aromatic rings. The number of aliphatic carboxylic acids is 1. The summed E-state index contributed by atoms with van der Waals surface area (Å²) in [6, 6.07) is 9.12. The first kappa shape index (κ1) is 25.3. The van der Waals surface area contributed by atoms with Crippen molar-refractivity contribution in [3.8, 4) is 0 Å². The topological polar surface area (TPSA) is 37.3 Å². The van der Waals surface area contributed by atoms with Crippen LogP contribution in [0, 0.1) is 0 Å². The second-order valence-corrected chi connectivity index (χ2v) is 10.5. The van der Waals surface area contributed by atoms with Crippen molar-refractivity contribution < 1.29 is 9.90 Å². The van der Waals surface area contributed by atoms with Gasteiger partial charge in [-0.3, -0.25) is 0 Å². The predicted molar refractivity (Wildman–Crippen MR) is 122 cm³/mol. The third-order valence-electron chi connectivity index (χ3n) is 5.34. The summed E-state index contributed by atoms with van der Waals surface area (Å²) >= 11 is 11.4. The number of hydrogen-bond acceptors (Lipinski definition) is 1. The minimum absolute atomic E-state index is 0.232. The molecule has 0 aliphatic carbocycles. The Morgan fingerprint density at radius 3 is 1.64 bits per heavy atom. The highest BCUT2D eigenvalue weighted by Crippen LogP contribution is 2.28. The standard InChI is InChI=1S/C24H38Cl2O2/c1-23(2,3)21-17-15-20(16-18-21)14-12-10-8-6-4-5-7-9-11-13-19-24(25,26)22(27)28/h15-18H,4-14,19H2,1-3H3,(H,27,28). The molecule has 0 amide bonds. The van der Waals surface area contributed by atoms with Gasteiger partial charge in [-0.05, 0) is 42.2 Å². The largest absolute Gasteiger partial charge is 0.479 e. The second kappa shape index (κ2) is 12.8. The van der Waals surface area contributed by atoms with Gasteiger partial charge in [-0.25, -0.2) is 4.79 Å². The summed E-state index contributed by atoms with van der Waals surface area (Å²) in [6.07, 6.45) is 13.4. The Hall–Kier alpha value is -0.730. The Labute approximate surface area is 182 Å². The van der Waals surface area contributed by atoms with Gasteiger partial charge in [0.25, 0.3) is 0 Å². The summed E-state index contributed by atoms with van der Waals surface area (Å²) in [5, 5.41) is 8.84.